The van der Waals surface area contributed by atoms with Crippen LogP contribution in [0.1, 0.15) is 27.9 Å². The third-order valence-corrected chi connectivity index (χ3v) is 5.83. The molecule has 0 saturated heterocycles. The lowest BCUT2D eigenvalue weighted by atomic mass is 9.97. The van der Waals surface area contributed by atoms with Crippen LogP contribution in [-0.4, -0.2) is 5.91 Å². The minimum atomic E-state index is 0.0901. The summed E-state index contributed by atoms with van der Waals surface area (Å²) in [6, 6.07) is 12.1. The topological polar surface area (TPSA) is 29.1 Å². The number of carbonyl (C=O) groups excluding carboxylic acids is 1. The monoisotopic (exact) mass is 427 g/mol. The third-order valence-electron chi connectivity index (χ3n) is 3.55. The van der Waals surface area contributed by atoms with Crippen LogP contribution in [0.2, 0.25) is 5.02 Å². The van der Waals surface area contributed by atoms with Crippen LogP contribution in [0.25, 0.3) is 0 Å². The number of nitrogens with one attached hydrogen (secondary N) is 1. The molecule has 0 saturated carbocycles. The lowest BCUT2D eigenvalue weighted by Crippen LogP contribution is -2.19. The summed E-state index contributed by atoms with van der Waals surface area (Å²) < 4.78 is 0.886. The minimum absolute atomic E-state index is 0.0901. The van der Waals surface area contributed by atoms with Crippen LogP contribution in [0.15, 0.2) is 40.9 Å². The second-order valence-electron chi connectivity index (χ2n) is 5.00. The van der Waals surface area contributed by atoms with Gasteiger partial charge in [-0.1, -0.05) is 45.7 Å². The van der Waals surface area contributed by atoms with Gasteiger partial charge in [-0.3, -0.25) is 4.79 Å². The van der Waals surface area contributed by atoms with E-state index in [1.165, 1.54) is 11.1 Å². The number of aryl methyl sites for hydroxylation is 1. The molecule has 0 radical (unpaired) electrons. The highest BCUT2D eigenvalue weighted by molar-refractivity contribution is 9.10. The fraction of sp³-hybridized carbons (Fsp3) is 0.188. The molecule has 0 aromatic heterocycles. The van der Waals surface area contributed by atoms with Gasteiger partial charge in [0, 0.05) is 16.6 Å². The van der Waals surface area contributed by atoms with Gasteiger partial charge in [-0.05, 0) is 57.2 Å². The average molecular weight is 430 g/mol. The van der Waals surface area contributed by atoms with Crippen molar-refractivity contribution in [3.05, 3.63) is 62.6 Å². The van der Waals surface area contributed by atoms with Gasteiger partial charge in [0.05, 0.1) is 9.85 Å². The zero-order chi connectivity index (χ0) is 15.0. The molecule has 1 amide bonds. The number of anilines is 1. The molecule has 1 N–H and O–H groups in total. The third kappa shape index (κ3) is 3.17. The molecular formula is C16H12Br2ClNO. The maximum Gasteiger partial charge on any atom is 0.224 e. The Balaban J connectivity index is 1.93. The van der Waals surface area contributed by atoms with E-state index in [2.05, 4.69) is 43.2 Å². The first-order valence-corrected chi connectivity index (χ1v) is 8.65. The zero-order valence-electron chi connectivity index (χ0n) is 11.0. The summed E-state index contributed by atoms with van der Waals surface area (Å²) in [5.74, 6) is 0.0901. The lowest BCUT2D eigenvalue weighted by molar-refractivity contribution is -0.116. The molecule has 5 heteroatoms. The molecule has 1 unspecified atom stereocenters. The standard InChI is InChI=1S/C16H12Br2ClNO/c17-12-8-11(1-4-13(12)19)16(18)10-2-5-14-9(7-10)3-6-15(21)20-14/h1-2,4-5,7-8,16H,3,6H2,(H,20,21). The summed E-state index contributed by atoms with van der Waals surface area (Å²) in [5, 5.41) is 3.60. The summed E-state index contributed by atoms with van der Waals surface area (Å²) in [6.45, 7) is 0. The normalized spacial score (nSPS) is 15.3. The molecular weight excluding hydrogens is 417 g/mol. The van der Waals surface area contributed by atoms with Gasteiger partial charge >= 0.3 is 0 Å². The second-order valence-corrected chi connectivity index (χ2v) is 7.18. The van der Waals surface area contributed by atoms with Crippen molar-refractivity contribution in [1.29, 1.82) is 0 Å². The van der Waals surface area contributed by atoms with Crippen LogP contribution in [0.4, 0.5) is 5.69 Å². The van der Waals surface area contributed by atoms with Gasteiger partial charge in [0.1, 0.15) is 0 Å². The van der Waals surface area contributed by atoms with Crippen LogP contribution in [0.5, 0.6) is 0 Å². The number of hydrogen-bond donors (Lipinski definition) is 1. The van der Waals surface area contributed by atoms with Gasteiger partial charge < -0.3 is 5.32 Å². The van der Waals surface area contributed by atoms with Crippen LogP contribution < -0.4 is 5.32 Å². The van der Waals surface area contributed by atoms with E-state index in [1.807, 2.05) is 30.3 Å². The number of amides is 1. The van der Waals surface area contributed by atoms with Crippen LogP contribution >= 0.6 is 43.5 Å². The molecule has 0 bridgehead atoms. The number of carbonyl (C=O) groups is 1. The summed E-state index contributed by atoms with van der Waals surface area (Å²) >= 11 is 13.2. The van der Waals surface area contributed by atoms with Crippen molar-refractivity contribution in [3.8, 4) is 0 Å². The van der Waals surface area contributed by atoms with E-state index in [0.29, 0.717) is 11.4 Å². The first-order valence-electron chi connectivity index (χ1n) is 6.56. The predicted octanol–water partition coefficient (Wildman–Crippen LogP) is 5.47. The van der Waals surface area contributed by atoms with Crippen LogP contribution in [0.3, 0.4) is 0 Å². The molecule has 21 heavy (non-hydrogen) atoms. The van der Waals surface area contributed by atoms with Crippen molar-refractivity contribution >= 4 is 55.1 Å². The summed E-state index contributed by atoms with van der Waals surface area (Å²) in [6.07, 6.45) is 1.34. The Kier molecular flexibility index (Phi) is 4.38. The smallest absolute Gasteiger partial charge is 0.224 e. The summed E-state index contributed by atoms with van der Waals surface area (Å²) in [4.78, 5) is 11.5. The van der Waals surface area contributed by atoms with Crippen molar-refractivity contribution < 1.29 is 4.79 Å². The number of rotatable bonds is 2. The van der Waals surface area contributed by atoms with Crippen LogP contribution in [0, 0.1) is 0 Å². The Hall–Kier alpha value is -0.840. The Bertz CT molecular complexity index is 717. The Labute approximate surface area is 145 Å². The quantitative estimate of drug-likeness (QED) is 0.630. The average Bonchev–Trinajstić information content (AvgIpc) is 2.49. The second kappa shape index (κ2) is 6.11. The van der Waals surface area contributed by atoms with Crippen molar-refractivity contribution in [2.75, 3.05) is 5.32 Å². The Morgan fingerprint density at radius 1 is 1.10 bits per heavy atom. The molecule has 1 heterocycles. The SMILES string of the molecule is O=C1CCc2cc(C(Br)c3ccc(Cl)c(Br)c3)ccc2N1. The minimum Gasteiger partial charge on any atom is -0.326 e. The highest BCUT2D eigenvalue weighted by atomic mass is 79.9. The number of fused-ring (bicyclic) bond motifs is 1. The number of alkyl halides is 1. The summed E-state index contributed by atoms with van der Waals surface area (Å²) in [7, 11) is 0. The van der Waals surface area contributed by atoms with Gasteiger partial charge in [-0.2, -0.15) is 0 Å². The van der Waals surface area contributed by atoms with E-state index >= 15 is 0 Å². The Morgan fingerprint density at radius 3 is 2.57 bits per heavy atom. The molecule has 2 nitrogen and oxygen atoms in total. The van der Waals surface area contributed by atoms with E-state index in [4.69, 9.17) is 11.6 Å². The largest absolute Gasteiger partial charge is 0.326 e. The molecule has 2 aromatic rings. The maximum absolute atomic E-state index is 11.4. The van der Waals surface area contributed by atoms with Crippen molar-refractivity contribution in [2.45, 2.75) is 17.7 Å². The van der Waals surface area contributed by atoms with Gasteiger partial charge in [-0.15, -0.1) is 0 Å². The predicted molar refractivity (Wildman–Crippen MR) is 93.3 cm³/mol. The lowest BCUT2D eigenvalue weighted by Gasteiger charge is -2.19. The zero-order valence-corrected chi connectivity index (χ0v) is 14.9. The van der Waals surface area contributed by atoms with Gasteiger partial charge in [0.25, 0.3) is 0 Å². The van der Waals surface area contributed by atoms with Gasteiger partial charge in [0.15, 0.2) is 0 Å². The van der Waals surface area contributed by atoms with E-state index in [1.54, 1.807) is 0 Å². The van der Waals surface area contributed by atoms with Crippen molar-refractivity contribution in [3.63, 3.8) is 0 Å². The molecule has 108 valence electrons. The summed E-state index contributed by atoms with van der Waals surface area (Å²) in [5.41, 5.74) is 4.40. The molecule has 3 rings (SSSR count). The highest BCUT2D eigenvalue weighted by Crippen LogP contribution is 2.36. The fourth-order valence-electron chi connectivity index (χ4n) is 2.42. The molecule has 0 spiro atoms. The van der Waals surface area contributed by atoms with Crippen molar-refractivity contribution in [1.82, 2.24) is 0 Å². The number of hydrogen-bond acceptors (Lipinski definition) is 1. The first kappa shape index (κ1) is 15.1. The molecule has 0 fully saturated rings. The van der Waals surface area contributed by atoms with Gasteiger partial charge in [-0.25, -0.2) is 0 Å². The van der Waals surface area contributed by atoms with E-state index in [9.17, 15) is 4.79 Å². The number of benzene rings is 2. The first-order chi connectivity index (χ1) is 10.0. The molecule has 0 aliphatic carbocycles. The number of halogens is 3. The van der Waals surface area contributed by atoms with E-state index in [0.717, 1.165) is 22.1 Å². The molecule has 1 atom stereocenters. The molecule has 1 aliphatic rings. The van der Waals surface area contributed by atoms with Gasteiger partial charge in [0.2, 0.25) is 5.91 Å². The van der Waals surface area contributed by atoms with E-state index < -0.39 is 0 Å². The van der Waals surface area contributed by atoms with Crippen molar-refractivity contribution in [2.24, 2.45) is 0 Å². The molecule has 1 aliphatic heterocycles. The fourth-order valence-corrected chi connectivity index (χ4v) is 3.51. The molecule has 2 aromatic carbocycles. The Morgan fingerprint density at radius 2 is 1.81 bits per heavy atom. The maximum atomic E-state index is 11.4. The van der Waals surface area contributed by atoms with Crippen LogP contribution in [-0.2, 0) is 11.2 Å². The van der Waals surface area contributed by atoms with E-state index in [-0.39, 0.29) is 10.7 Å². The highest BCUT2D eigenvalue weighted by Gasteiger charge is 2.18.